The number of aliphatic carboxylic acids is 1. The Morgan fingerprint density at radius 3 is 2.53 bits per heavy atom. The van der Waals surface area contributed by atoms with Crippen molar-refractivity contribution >= 4 is 23.4 Å². The molecule has 2 aromatic carbocycles. The van der Waals surface area contributed by atoms with E-state index in [0.717, 1.165) is 5.56 Å². The average molecular weight is 444 g/mol. The summed E-state index contributed by atoms with van der Waals surface area (Å²) in [4.78, 5) is 35.8. The van der Waals surface area contributed by atoms with Crippen molar-refractivity contribution in [3.63, 3.8) is 0 Å². The first-order valence-corrected chi connectivity index (χ1v) is 10.1. The molecule has 0 aromatic heterocycles. The van der Waals surface area contributed by atoms with Gasteiger partial charge in [0.1, 0.15) is 6.54 Å². The van der Waals surface area contributed by atoms with Gasteiger partial charge in [0.2, 0.25) is 0 Å². The van der Waals surface area contributed by atoms with Gasteiger partial charge in [0.15, 0.2) is 17.3 Å². The van der Waals surface area contributed by atoms with E-state index in [-0.39, 0.29) is 24.5 Å². The van der Waals surface area contributed by atoms with Crippen LogP contribution in [0.2, 0.25) is 0 Å². The normalized spacial score (nSPS) is 11.4. The van der Waals surface area contributed by atoms with E-state index in [1.807, 2.05) is 0 Å². The van der Waals surface area contributed by atoms with Crippen molar-refractivity contribution in [2.24, 2.45) is 0 Å². The summed E-state index contributed by atoms with van der Waals surface area (Å²) in [5.41, 5.74) is 1.66. The van der Waals surface area contributed by atoms with Gasteiger partial charge in [-0.15, -0.1) is 0 Å². The van der Waals surface area contributed by atoms with Gasteiger partial charge < -0.3 is 30.3 Å². The van der Waals surface area contributed by atoms with E-state index in [2.05, 4.69) is 15.4 Å². The van der Waals surface area contributed by atoms with Crippen molar-refractivity contribution in [3.05, 3.63) is 53.6 Å². The van der Waals surface area contributed by atoms with Gasteiger partial charge in [-0.3, -0.25) is 14.4 Å². The lowest BCUT2D eigenvalue weighted by atomic mass is 9.99. The summed E-state index contributed by atoms with van der Waals surface area (Å²) in [7, 11) is 2.74. The fourth-order valence-electron chi connectivity index (χ4n) is 3.16. The second-order valence-electron chi connectivity index (χ2n) is 7.05. The molecule has 0 fully saturated rings. The van der Waals surface area contributed by atoms with Gasteiger partial charge in [-0.05, 0) is 49.2 Å². The zero-order chi connectivity index (χ0) is 23.5. The lowest BCUT2D eigenvalue weighted by molar-refractivity contribution is -0.139. The van der Waals surface area contributed by atoms with Gasteiger partial charge in [-0.2, -0.15) is 0 Å². The molecule has 32 heavy (non-hydrogen) atoms. The number of esters is 1. The predicted molar refractivity (Wildman–Crippen MR) is 118 cm³/mol. The number of nitrogens with one attached hydrogen (secondary N) is 2. The Labute approximate surface area is 186 Å². The van der Waals surface area contributed by atoms with Crippen molar-refractivity contribution in [2.75, 3.05) is 32.6 Å². The standard InChI is InChI=1S/C23H28N2O7/c1-31-20-12-15(9-10-19(20)26)6-5-11-24-18(13-21(27)28)23(30)16-7-3-4-8-17(16)25-14-22(29)32-2/h3-4,7-10,12,18,24-26H,5-6,11,13-14H2,1-2H3,(H,27,28)/t18-/m0/s1. The first-order chi connectivity index (χ1) is 15.3. The van der Waals surface area contributed by atoms with E-state index < -0.39 is 18.0 Å². The van der Waals surface area contributed by atoms with Crippen LogP contribution in [0, 0.1) is 0 Å². The topological polar surface area (TPSA) is 134 Å². The number of hydrogen-bond donors (Lipinski definition) is 4. The Hall–Kier alpha value is -3.59. The molecule has 0 aliphatic rings. The zero-order valence-corrected chi connectivity index (χ0v) is 18.1. The van der Waals surface area contributed by atoms with E-state index in [4.69, 9.17) is 4.74 Å². The molecule has 0 bridgehead atoms. The molecule has 2 rings (SSSR count). The molecule has 0 saturated carbocycles. The van der Waals surface area contributed by atoms with Crippen LogP contribution in [0.15, 0.2) is 42.5 Å². The smallest absolute Gasteiger partial charge is 0.325 e. The van der Waals surface area contributed by atoms with Gasteiger partial charge >= 0.3 is 11.9 Å². The highest BCUT2D eigenvalue weighted by Gasteiger charge is 2.24. The molecule has 0 radical (unpaired) electrons. The van der Waals surface area contributed by atoms with Crippen molar-refractivity contribution < 1.29 is 34.1 Å². The van der Waals surface area contributed by atoms with Crippen LogP contribution < -0.4 is 15.4 Å². The minimum Gasteiger partial charge on any atom is -0.504 e. The Balaban J connectivity index is 2.03. The van der Waals surface area contributed by atoms with Crippen LogP contribution in [0.4, 0.5) is 5.69 Å². The van der Waals surface area contributed by atoms with Gasteiger partial charge in [-0.1, -0.05) is 18.2 Å². The number of aromatic hydroxyl groups is 1. The number of aryl methyl sites for hydroxylation is 1. The number of carboxylic acid groups (broad SMARTS) is 1. The van der Waals surface area contributed by atoms with Crippen LogP contribution >= 0.6 is 0 Å². The van der Waals surface area contributed by atoms with Crippen LogP contribution in [0.1, 0.15) is 28.8 Å². The second-order valence-corrected chi connectivity index (χ2v) is 7.05. The molecule has 1 atom stereocenters. The molecule has 0 aliphatic carbocycles. The monoisotopic (exact) mass is 444 g/mol. The average Bonchev–Trinajstić information content (AvgIpc) is 2.79. The number of rotatable bonds is 13. The summed E-state index contributed by atoms with van der Waals surface area (Å²) in [5, 5.41) is 24.8. The van der Waals surface area contributed by atoms with E-state index in [1.165, 1.54) is 14.2 Å². The summed E-state index contributed by atoms with van der Waals surface area (Å²) in [5.74, 6) is -1.53. The second kappa shape index (κ2) is 12.3. The number of carbonyl (C=O) groups is 3. The molecule has 0 saturated heterocycles. The van der Waals surface area contributed by atoms with Crippen LogP contribution in [-0.4, -0.2) is 61.3 Å². The maximum atomic E-state index is 13.1. The molecule has 9 nitrogen and oxygen atoms in total. The Kier molecular flexibility index (Phi) is 9.49. The first-order valence-electron chi connectivity index (χ1n) is 10.1. The molecule has 0 unspecified atom stereocenters. The number of ether oxygens (including phenoxy) is 2. The number of phenols is 1. The molecule has 4 N–H and O–H groups in total. The minimum absolute atomic E-state index is 0.0565. The lowest BCUT2D eigenvalue weighted by Gasteiger charge is -2.18. The fraction of sp³-hybridized carbons (Fsp3) is 0.348. The zero-order valence-electron chi connectivity index (χ0n) is 18.1. The van der Waals surface area contributed by atoms with Gasteiger partial charge in [0, 0.05) is 11.3 Å². The maximum Gasteiger partial charge on any atom is 0.325 e. The Morgan fingerprint density at radius 1 is 1.09 bits per heavy atom. The summed E-state index contributed by atoms with van der Waals surface area (Å²) in [6.07, 6.45) is 0.908. The van der Waals surface area contributed by atoms with Crippen LogP contribution in [0.5, 0.6) is 11.5 Å². The SMILES string of the molecule is COC(=O)CNc1ccccc1C(=O)[C@H](CC(=O)O)NCCCc1ccc(O)c(OC)c1. The number of para-hydroxylation sites is 1. The number of phenolic OH excluding ortho intramolecular Hbond substituents is 1. The highest BCUT2D eigenvalue weighted by molar-refractivity contribution is 6.06. The molecule has 0 amide bonds. The Bertz CT molecular complexity index is 946. The number of methoxy groups -OCH3 is 2. The first kappa shape index (κ1) is 24.7. The number of anilines is 1. The Morgan fingerprint density at radius 2 is 1.84 bits per heavy atom. The number of carboxylic acids is 1. The molecule has 0 aliphatic heterocycles. The van der Waals surface area contributed by atoms with Gasteiger partial charge in [-0.25, -0.2) is 0 Å². The van der Waals surface area contributed by atoms with E-state index in [1.54, 1.807) is 42.5 Å². The third-order valence-corrected chi connectivity index (χ3v) is 4.82. The fourth-order valence-corrected chi connectivity index (χ4v) is 3.16. The van der Waals surface area contributed by atoms with Crippen molar-refractivity contribution in [1.82, 2.24) is 5.32 Å². The summed E-state index contributed by atoms with van der Waals surface area (Å²) >= 11 is 0. The van der Waals surface area contributed by atoms with E-state index in [9.17, 15) is 24.6 Å². The van der Waals surface area contributed by atoms with E-state index in [0.29, 0.717) is 36.4 Å². The molecule has 0 heterocycles. The molecule has 2 aromatic rings. The summed E-state index contributed by atoms with van der Waals surface area (Å²) < 4.78 is 9.69. The molecular formula is C23H28N2O7. The van der Waals surface area contributed by atoms with Crippen molar-refractivity contribution in [3.8, 4) is 11.5 Å². The van der Waals surface area contributed by atoms with Gasteiger partial charge in [0.05, 0.1) is 26.7 Å². The van der Waals surface area contributed by atoms with Crippen LogP contribution in [-0.2, 0) is 20.7 Å². The molecule has 9 heteroatoms. The predicted octanol–water partition coefficient (Wildman–Crippen LogP) is 2.23. The third-order valence-electron chi connectivity index (χ3n) is 4.82. The summed E-state index contributed by atoms with van der Waals surface area (Å²) in [6, 6.07) is 10.8. The van der Waals surface area contributed by atoms with Crippen molar-refractivity contribution in [1.29, 1.82) is 0 Å². The number of benzene rings is 2. The maximum absolute atomic E-state index is 13.1. The molecule has 0 spiro atoms. The van der Waals surface area contributed by atoms with E-state index >= 15 is 0 Å². The highest BCUT2D eigenvalue weighted by Crippen LogP contribution is 2.26. The van der Waals surface area contributed by atoms with Gasteiger partial charge in [0.25, 0.3) is 0 Å². The third kappa shape index (κ3) is 7.28. The number of Topliss-reactive ketones (excluding diaryl/α,β-unsaturated/α-hetero) is 1. The van der Waals surface area contributed by atoms with Crippen LogP contribution in [0.25, 0.3) is 0 Å². The molecular weight excluding hydrogens is 416 g/mol. The largest absolute Gasteiger partial charge is 0.504 e. The number of carbonyl (C=O) groups excluding carboxylic acids is 2. The molecule has 172 valence electrons. The number of hydrogen-bond acceptors (Lipinski definition) is 8. The highest BCUT2D eigenvalue weighted by atomic mass is 16.5. The lowest BCUT2D eigenvalue weighted by Crippen LogP contribution is -2.39. The summed E-state index contributed by atoms with van der Waals surface area (Å²) in [6.45, 7) is 0.290. The number of ketones is 1. The van der Waals surface area contributed by atoms with Crippen LogP contribution in [0.3, 0.4) is 0 Å². The van der Waals surface area contributed by atoms with Crippen molar-refractivity contribution in [2.45, 2.75) is 25.3 Å². The quantitative estimate of drug-likeness (QED) is 0.208. The minimum atomic E-state index is -1.10.